The Balaban J connectivity index is 0.00000104. The Kier molecular flexibility index (Phi) is 43.6. The van der Waals surface area contributed by atoms with Gasteiger partial charge in [-0.3, -0.25) is 19.7 Å². The quantitative estimate of drug-likeness (QED) is 0.0537. The Morgan fingerprint density at radius 3 is 1.35 bits per heavy atom. The van der Waals surface area contributed by atoms with Gasteiger partial charge in [-0.25, -0.2) is 25.0 Å². The van der Waals surface area contributed by atoms with Gasteiger partial charge in [0, 0.05) is 48.0 Å². The minimum absolute atomic E-state index is 0.0127. The van der Waals surface area contributed by atoms with Crippen molar-refractivity contribution in [2.24, 2.45) is 11.0 Å². The molecule has 0 fully saturated rings. The third-order valence-electron chi connectivity index (χ3n) is 11.8. The summed E-state index contributed by atoms with van der Waals surface area (Å²) in [5, 5.41) is 106. The van der Waals surface area contributed by atoms with E-state index >= 15 is 0 Å². The first kappa shape index (κ1) is 87.0. The monoisotopic (exact) mass is 1390 g/mol. The SMILES string of the molecule is CC(C)C1=NNC(=O)C1.CC(C)c1cn[nH]n1.CC(C)c1cn[nH]n1.CC(C)c1n[nH][nH]c1=S.CC(C)c1n[nH]nc1F.CC(C)c1ncn[nH]1.CC(C)c1nn[nH]n1.CC(C)n1[nH]nnc1=S.CC(C)n1cc(O)nn1.CC(C)n1ccnn1.Cc1n[nH]nc1C(C)C.O=C=O. The number of nitrogens with zero attached hydrogens (tertiary/aromatic N) is 24. The number of aromatic amines is 9. The molecule has 97 heavy (non-hydrogen) atoms. The number of hydrogen-bond acceptors (Lipinski definition) is 27. The summed E-state index contributed by atoms with van der Waals surface area (Å²) in [6.45, 7) is 46.6. The van der Waals surface area contributed by atoms with Crippen LogP contribution >= 0.6 is 24.4 Å². The van der Waals surface area contributed by atoms with Crippen LogP contribution in [0.3, 0.4) is 0 Å². The molecule has 0 aliphatic carbocycles. The summed E-state index contributed by atoms with van der Waals surface area (Å²) in [5.41, 5.74) is 8.80. The van der Waals surface area contributed by atoms with Gasteiger partial charge in [-0.05, 0) is 84.4 Å². The summed E-state index contributed by atoms with van der Waals surface area (Å²) in [5.74, 6) is 4.37. The summed E-state index contributed by atoms with van der Waals surface area (Å²) in [6.07, 6.45) is 10.8. The molecule has 0 bridgehead atoms. The van der Waals surface area contributed by atoms with Crippen molar-refractivity contribution in [2.45, 2.75) is 225 Å². The summed E-state index contributed by atoms with van der Waals surface area (Å²) in [7, 11) is 0. The molecule has 11 heterocycles. The summed E-state index contributed by atoms with van der Waals surface area (Å²) in [4.78, 5) is 30.7. The van der Waals surface area contributed by atoms with Crippen LogP contribution in [0.2, 0.25) is 0 Å². The van der Waals surface area contributed by atoms with E-state index in [2.05, 4.69) is 243 Å². The molecule has 1 aliphatic rings. The molecule has 0 spiro atoms. The number of amides is 1. The first-order chi connectivity index (χ1) is 45.7. The minimum Gasteiger partial charge on any atom is -0.491 e. The van der Waals surface area contributed by atoms with Crippen LogP contribution in [0.4, 0.5) is 4.39 Å². The van der Waals surface area contributed by atoms with Gasteiger partial charge in [0.15, 0.2) is 5.82 Å². The maximum absolute atomic E-state index is 12.4. The van der Waals surface area contributed by atoms with Gasteiger partial charge in [0.2, 0.25) is 10.7 Å². The van der Waals surface area contributed by atoms with Crippen molar-refractivity contribution < 1.29 is 23.9 Å². The van der Waals surface area contributed by atoms with E-state index in [9.17, 15) is 9.18 Å². The number of rotatable bonds is 11. The van der Waals surface area contributed by atoms with Crippen molar-refractivity contribution in [2.75, 3.05) is 0 Å². The summed E-state index contributed by atoms with van der Waals surface area (Å²) < 4.78 is 18.7. The first-order valence-corrected chi connectivity index (χ1v) is 31.7. The molecule has 0 atom stereocenters. The third kappa shape index (κ3) is 37.6. The second-order valence-corrected chi connectivity index (χ2v) is 24.4. The molecule has 11 rings (SSSR count). The fraction of sp³-hybridized carbons (Fsp3) is 0.625. The fourth-order valence-corrected chi connectivity index (χ4v) is 6.85. The summed E-state index contributed by atoms with van der Waals surface area (Å²) >= 11 is 9.73. The maximum atomic E-state index is 12.4. The largest absolute Gasteiger partial charge is 0.491 e. The van der Waals surface area contributed by atoms with Gasteiger partial charge in [0.1, 0.15) is 28.2 Å². The Hall–Kier alpha value is -10.1. The highest BCUT2D eigenvalue weighted by atomic mass is 32.1. The Morgan fingerprint density at radius 1 is 0.577 bits per heavy atom. The average molecular weight is 1400 g/mol. The van der Waals surface area contributed by atoms with Crippen molar-refractivity contribution in [3.63, 3.8) is 0 Å². The molecule has 0 saturated heterocycles. The zero-order valence-electron chi connectivity index (χ0n) is 59.6. The van der Waals surface area contributed by atoms with Crippen LogP contribution in [-0.4, -0.2) is 186 Å². The Morgan fingerprint density at radius 2 is 1.14 bits per heavy atom. The molecule has 38 nitrogen and oxygen atoms in total. The average Bonchev–Trinajstić information content (AvgIpc) is 1.95. The Labute approximate surface area is 572 Å². The van der Waals surface area contributed by atoms with Gasteiger partial charge >= 0.3 is 6.15 Å². The number of hydrazone groups is 1. The van der Waals surface area contributed by atoms with Gasteiger partial charge in [-0.1, -0.05) is 154 Å². The van der Waals surface area contributed by atoms with Crippen LogP contribution in [-0.2, 0) is 14.4 Å². The third-order valence-corrected chi connectivity index (χ3v) is 12.3. The van der Waals surface area contributed by atoms with Crippen molar-refractivity contribution in [1.29, 1.82) is 0 Å². The van der Waals surface area contributed by atoms with Crippen LogP contribution in [0.1, 0.15) is 264 Å². The number of aryl methyl sites for hydroxylation is 1. The first-order valence-electron chi connectivity index (χ1n) is 30.9. The predicted octanol–water partition coefficient (Wildman–Crippen LogP) is 9.28. The molecule has 0 aromatic carbocycles. The van der Waals surface area contributed by atoms with Gasteiger partial charge < -0.3 is 5.11 Å². The number of hydrogen-bond donors (Lipinski definition) is 11. The van der Waals surface area contributed by atoms with Crippen LogP contribution < -0.4 is 5.43 Å². The lowest BCUT2D eigenvalue weighted by atomic mass is 10.1. The lowest BCUT2D eigenvalue weighted by molar-refractivity contribution is -0.191. The number of H-pyrrole nitrogens is 9. The molecule has 1 amide bonds. The van der Waals surface area contributed by atoms with Crippen LogP contribution in [0, 0.1) is 28.2 Å². The van der Waals surface area contributed by atoms with Gasteiger partial charge in [0.25, 0.3) is 11.8 Å². The number of halogens is 1. The number of aromatic hydroxyl groups is 1. The highest BCUT2D eigenvalue weighted by molar-refractivity contribution is 7.71. The number of tetrazole rings is 2. The molecule has 0 saturated carbocycles. The van der Waals surface area contributed by atoms with E-state index in [1.165, 1.54) is 12.5 Å². The molecular formula is C56H99FN34O4S2. The van der Waals surface area contributed by atoms with Crippen LogP contribution in [0.15, 0.2) is 42.4 Å². The second-order valence-electron chi connectivity index (χ2n) is 23.6. The molecule has 1 aliphatic heterocycles. The van der Waals surface area contributed by atoms with E-state index in [1.807, 2.05) is 82.4 Å². The normalized spacial score (nSPS) is 11.0. The van der Waals surface area contributed by atoms with E-state index in [-0.39, 0.29) is 29.9 Å². The number of carbonyl (C=O) groups excluding carboxylic acids is 3. The van der Waals surface area contributed by atoms with Crippen molar-refractivity contribution in [3.05, 3.63) is 98.5 Å². The lowest BCUT2D eigenvalue weighted by Gasteiger charge is -2.01. The van der Waals surface area contributed by atoms with Crippen molar-refractivity contribution in [3.8, 4) is 5.88 Å². The molecule has 41 heteroatoms. The van der Waals surface area contributed by atoms with E-state index in [1.54, 1.807) is 32.6 Å². The smallest absolute Gasteiger partial charge is 0.373 e. The van der Waals surface area contributed by atoms with Crippen molar-refractivity contribution in [1.82, 2.24) is 168 Å². The zero-order valence-corrected chi connectivity index (χ0v) is 61.3. The molecule has 10 aromatic heterocycles. The number of nitrogens with one attached hydrogen (secondary N) is 10. The second kappa shape index (κ2) is 48.6. The molecule has 10 aromatic rings. The minimum atomic E-state index is -0.495. The maximum Gasteiger partial charge on any atom is 0.373 e. The van der Waals surface area contributed by atoms with E-state index in [4.69, 9.17) is 39.1 Å². The fourth-order valence-electron chi connectivity index (χ4n) is 6.23. The highest BCUT2D eigenvalue weighted by Gasteiger charge is 2.16. The van der Waals surface area contributed by atoms with E-state index < -0.39 is 5.95 Å². The molecular weight excluding hydrogens is 1300 g/mol. The standard InChI is InChI=1S/C6H11N3.C6H10N2O.C5H8FN3.C5H9N3O.C5H9N3S.4C5H9N3.C4H8N4S.C4H8N4.CO2/c1-4(2)6-5(3)7-9-8-6;1-4(2)5-3-6(9)8-7-5;1-3(2)4-5(6)8-9-7-4;1-4(2)8-3-5(9)6-7-8;1-3(2)4-5(9)7-8-6-4;1-5(2)8-4-3-6-7-8;1-4(2)5-6-3-7-8-5;2*1-4(2)5-3-6-8-7-5;1-3(2)8-4(9)5-6-7-8;1-3(2)4-5-7-8-6-4;2-1-3/h4H,1-3H3,(H,7,8,9);4H,3H2,1-2H3,(H,8,9);3H,1-2H3,(H,7,8,9);3-4,9H,1-2H3;3H,1-2H3,(H2,6,7,8,9);3-5H,1-2H3;3*3-4H,1-2H3,(H,6,7,8);3H,1-2H3,(H,5,7,9);3H,1-2H3,(H,5,6,7,8);. The van der Waals surface area contributed by atoms with Crippen LogP contribution in [0.25, 0.3) is 0 Å². The topological polar surface area (TPSA) is 511 Å². The summed E-state index contributed by atoms with van der Waals surface area (Å²) in [6, 6.07) is 1.00. The van der Waals surface area contributed by atoms with Crippen molar-refractivity contribution >= 4 is 42.2 Å². The molecule has 536 valence electrons. The van der Waals surface area contributed by atoms with Crippen LogP contribution in [0.5, 0.6) is 5.88 Å². The molecule has 11 N–H and O–H groups in total. The molecule has 0 unspecified atom stereocenters. The number of aromatic nitrogens is 32. The highest BCUT2D eigenvalue weighted by Crippen LogP contribution is 2.14. The molecule has 0 radical (unpaired) electrons. The Bertz CT molecular complexity index is 3340. The van der Waals surface area contributed by atoms with Gasteiger partial charge in [-0.2, -0.15) is 96.2 Å². The van der Waals surface area contributed by atoms with Gasteiger partial charge in [0.05, 0.1) is 59.7 Å². The lowest BCUT2D eigenvalue weighted by Crippen LogP contribution is -2.10. The number of carbonyl (C=O) groups is 1. The van der Waals surface area contributed by atoms with Gasteiger partial charge in [-0.15, -0.1) is 20.4 Å². The van der Waals surface area contributed by atoms with E-state index in [0.717, 1.165) is 45.8 Å². The van der Waals surface area contributed by atoms with E-state index in [0.29, 0.717) is 75.0 Å². The zero-order chi connectivity index (χ0) is 73.7. The predicted molar refractivity (Wildman–Crippen MR) is 361 cm³/mol.